The lowest BCUT2D eigenvalue weighted by atomic mass is 10.1. The molecule has 0 aliphatic carbocycles. The van der Waals surface area contributed by atoms with Crippen LogP contribution in [0.25, 0.3) is 11.5 Å². The Morgan fingerprint density at radius 3 is 2.77 bits per heavy atom. The number of hydrogen-bond donors (Lipinski definition) is 1. The number of rotatable bonds is 5. The van der Waals surface area contributed by atoms with Crippen LogP contribution in [0.3, 0.4) is 0 Å². The average Bonchev–Trinajstić information content (AvgIpc) is 3.17. The van der Waals surface area contributed by atoms with E-state index in [4.69, 9.17) is 20.9 Å². The molecule has 1 aliphatic rings. The molecule has 1 unspecified atom stereocenters. The van der Waals surface area contributed by atoms with Crippen LogP contribution in [0.5, 0.6) is 0 Å². The molecule has 7 nitrogen and oxygen atoms in total. The summed E-state index contributed by atoms with van der Waals surface area (Å²) in [5.41, 5.74) is -0.133. The molecule has 1 aliphatic heterocycles. The fourth-order valence-corrected chi connectivity index (χ4v) is 4.71. The number of hydrogen-bond acceptors (Lipinski definition) is 6. The molecule has 0 bridgehead atoms. The van der Waals surface area contributed by atoms with Crippen LogP contribution < -0.4 is 4.72 Å². The highest BCUT2D eigenvalue weighted by Crippen LogP contribution is 2.28. The Labute approximate surface area is 158 Å². The maximum Gasteiger partial charge on any atom is 0.257 e. The van der Waals surface area contributed by atoms with E-state index in [1.54, 1.807) is 26.8 Å². The Morgan fingerprint density at radius 2 is 2.12 bits per heavy atom. The number of aromatic nitrogens is 2. The highest BCUT2D eigenvalue weighted by molar-refractivity contribution is 7.89. The molecule has 2 heterocycles. The molecule has 1 aromatic carbocycles. The third-order valence-corrected chi connectivity index (χ3v) is 6.05. The normalized spacial score (nSPS) is 18.4. The maximum atomic E-state index is 12.6. The van der Waals surface area contributed by atoms with Gasteiger partial charge in [-0.2, -0.15) is 4.98 Å². The second-order valence-corrected chi connectivity index (χ2v) is 9.41. The average molecular weight is 400 g/mol. The lowest BCUT2D eigenvalue weighted by Crippen LogP contribution is -2.40. The van der Waals surface area contributed by atoms with Gasteiger partial charge < -0.3 is 9.26 Å². The number of nitrogens with zero attached hydrogens (tertiary/aromatic N) is 2. The Bertz CT molecular complexity index is 884. The summed E-state index contributed by atoms with van der Waals surface area (Å²) in [6.07, 6.45) is 2.70. The Hall–Kier alpha value is -1.48. The smallest absolute Gasteiger partial charge is 0.257 e. The summed E-state index contributed by atoms with van der Waals surface area (Å²) in [5.74, 6) is 0.793. The molecule has 1 aromatic heterocycles. The maximum absolute atomic E-state index is 12.6. The van der Waals surface area contributed by atoms with Crippen LogP contribution in [-0.2, 0) is 21.2 Å². The third-order valence-electron chi connectivity index (χ3n) is 3.81. The highest BCUT2D eigenvalue weighted by atomic mass is 35.5. The zero-order valence-electron chi connectivity index (χ0n) is 15.0. The first-order valence-electron chi connectivity index (χ1n) is 8.42. The second kappa shape index (κ2) is 7.26. The molecule has 2 aromatic rings. The summed E-state index contributed by atoms with van der Waals surface area (Å²) in [6.45, 7) is 6.04. The lowest BCUT2D eigenvalue weighted by molar-refractivity contribution is 0.109. The van der Waals surface area contributed by atoms with Crippen molar-refractivity contribution in [2.45, 2.75) is 56.6 Å². The minimum Gasteiger partial charge on any atom is -0.378 e. The van der Waals surface area contributed by atoms with Gasteiger partial charge in [0.05, 0.1) is 11.1 Å². The monoisotopic (exact) mass is 399 g/mol. The molecule has 1 atom stereocenters. The first-order chi connectivity index (χ1) is 12.1. The molecule has 9 heteroatoms. The number of nitrogens with one attached hydrogen (secondary N) is 1. The van der Waals surface area contributed by atoms with E-state index >= 15 is 0 Å². The van der Waals surface area contributed by atoms with Crippen molar-refractivity contribution in [1.82, 2.24) is 14.9 Å². The van der Waals surface area contributed by atoms with Crippen LogP contribution in [0, 0.1) is 0 Å². The van der Waals surface area contributed by atoms with Crippen LogP contribution in [0.2, 0.25) is 5.02 Å². The molecule has 1 N–H and O–H groups in total. The van der Waals surface area contributed by atoms with E-state index in [1.165, 1.54) is 12.1 Å². The number of halogens is 1. The zero-order valence-corrected chi connectivity index (χ0v) is 16.5. The molecule has 26 heavy (non-hydrogen) atoms. The van der Waals surface area contributed by atoms with Crippen molar-refractivity contribution >= 4 is 21.6 Å². The Kier molecular flexibility index (Phi) is 5.39. The Morgan fingerprint density at radius 1 is 1.35 bits per heavy atom. The molecule has 1 saturated heterocycles. The topological polar surface area (TPSA) is 94.3 Å². The van der Waals surface area contributed by atoms with E-state index < -0.39 is 15.6 Å². The molecule has 1 fully saturated rings. The second-order valence-electron chi connectivity index (χ2n) is 7.36. The SMILES string of the molecule is CC(C)(C)NS(=O)(=O)c1cc(-c2nc(CC3CCCO3)no2)ccc1Cl. The number of sulfonamides is 1. The molecule has 0 saturated carbocycles. The van der Waals surface area contributed by atoms with Crippen molar-refractivity contribution in [3.8, 4) is 11.5 Å². The van der Waals surface area contributed by atoms with Crippen molar-refractivity contribution in [3.05, 3.63) is 29.0 Å². The van der Waals surface area contributed by atoms with Gasteiger partial charge in [0.15, 0.2) is 5.82 Å². The fourth-order valence-electron chi connectivity index (χ4n) is 2.76. The van der Waals surface area contributed by atoms with E-state index in [0.717, 1.165) is 19.4 Å². The highest BCUT2D eigenvalue weighted by Gasteiger charge is 2.26. The van der Waals surface area contributed by atoms with Gasteiger partial charge in [-0.25, -0.2) is 13.1 Å². The first-order valence-corrected chi connectivity index (χ1v) is 10.3. The van der Waals surface area contributed by atoms with Gasteiger partial charge in [-0.05, 0) is 51.8 Å². The third kappa shape index (κ3) is 4.62. The first kappa shape index (κ1) is 19.3. The minimum atomic E-state index is -3.78. The molecule has 3 rings (SSSR count). The standard InChI is InChI=1S/C17H22ClN3O4S/c1-17(2,3)21-26(22,23)14-9-11(6-7-13(14)18)16-19-15(20-25-16)10-12-5-4-8-24-12/h6-7,9,12,21H,4-5,8,10H2,1-3H3. The van der Waals surface area contributed by atoms with Gasteiger partial charge in [0.2, 0.25) is 10.0 Å². The number of benzene rings is 1. The van der Waals surface area contributed by atoms with Gasteiger partial charge >= 0.3 is 0 Å². The van der Waals surface area contributed by atoms with Gasteiger partial charge in [0.25, 0.3) is 5.89 Å². The van der Waals surface area contributed by atoms with Crippen LogP contribution in [0.4, 0.5) is 0 Å². The molecular formula is C17H22ClN3O4S. The van der Waals surface area contributed by atoms with E-state index in [0.29, 0.717) is 17.8 Å². The van der Waals surface area contributed by atoms with Crippen molar-refractivity contribution < 1.29 is 17.7 Å². The molecule has 0 amide bonds. The predicted octanol–water partition coefficient (Wildman–Crippen LogP) is 3.19. The van der Waals surface area contributed by atoms with Crippen molar-refractivity contribution in [3.63, 3.8) is 0 Å². The predicted molar refractivity (Wildman–Crippen MR) is 97.5 cm³/mol. The van der Waals surface area contributed by atoms with Gasteiger partial charge in [-0.3, -0.25) is 0 Å². The van der Waals surface area contributed by atoms with E-state index in [-0.39, 0.29) is 21.9 Å². The summed E-state index contributed by atoms with van der Waals surface area (Å²) in [7, 11) is -3.78. The zero-order chi connectivity index (χ0) is 18.9. The van der Waals surface area contributed by atoms with Crippen LogP contribution >= 0.6 is 11.6 Å². The minimum absolute atomic E-state index is 0.0227. The molecule has 0 spiro atoms. The largest absolute Gasteiger partial charge is 0.378 e. The summed E-state index contributed by atoms with van der Waals surface area (Å²) in [6, 6.07) is 4.61. The van der Waals surface area contributed by atoms with Crippen LogP contribution in [-0.4, -0.2) is 36.8 Å². The van der Waals surface area contributed by atoms with Crippen molar-refractivity contribution in [2.75, 3.05) is 6.61 Å². The molecule has 142 valence electrons. The van der Waals surface area contributed by atoms with E-state index in [2.05, 4.69) is 14.9 Å². The fraction of sp³-hybridized carbons (Fsp3) is 0.529. The van der Waals surface area contributed by atoms with Gasteiger partial charge in [0, 0.05) is 24.1 Å². The van der Waals surface area contributed by atoms with Crippen molar-refractivity contribution in [2.24, 2.45) is 0 Å². The molecular weight excluding hydrogens is 378 g/mol. The van der Waals surface area contributed by atoms with E-state index in [9.17, 15) is 8.42 Å². The van der Waals surface area contributed by atoms with Crippen LogP contribution in [0.15, 0.2) is 27.6 Å². The lowest BCUT2D eigenvalue weighted by Gasteiger charge is -2.20. The van der Waals surface area contributed by atoms with E-state index in [1.807, 2.05) is 0 Å². The quantitative estimate of drug-likeness (QED) is 0.829. The van der Waals surface area contributed by atoms with Gasteiger partial charge in [-0.15, -0.1) is 0 Å². The van der Waals surface area contributed by atoms with Gasteiger partial charge in [-0.1, -0.05) is 16.8 Å². The molecule has 0 radical (unpaired) electrons. The van der Waals surface area contributed by atoms with Gasteiger partial charge in [0.1, 0.15) is 4.90 Å². The Balaban J connectivity index is 1.86. The summed E-state index contributed by atoms with van der Waals surface area (Å²) in [5, 5.41) is 4.09. The summed E-state index contributed by atoms with van der Waals surface area (Å²) < 4.78 is 38.7. The van der Waals surface area contributed by atoms with Crippen LogP contribution in [0.1, 0.15) is 39.4 Å². The van der Waals surface area contributed by atoms with Crippen molar-refractivity contribution in [1.29, 1.82) is 0 Å². The summed E-state index contributed by atoms with van der Waals surface area (Å²) >= 11 is 6.11. The summed E-state index contributed by atoms with van der Waals surface area (Å²) in [4.78, 5) is 4.33. The number of ether oxygens (including phenoxy) is 1.